The van der Waals surface area contributed by atoms with Gasteiger partial charge in [0.15, 0.2) is 0 Å². The Balaban J connectivity index is 2.07. The highest BCUT2D eigenvalue weighted by Gasteiger charge is 1.91. The molecule has 1 radical (unpaired) electrons. The van der Waals surface area contributed by atoms with Gasteiger partial charge in [-0.25, -0.2) is 0 Å². The van der Waals surface area contributed by atoms with Crippen LogP contribution >= 0.6 is 0 Å². The van der Waals surface area contributed by atoms with Gasteiger partial charge in [0.05, 0.1) is 0 Å². The Morgan fingerprint density at radius 1 is 1.08 bits per heavy atom. The normalized spacial score (nSPS) is 10.2. The summed E-state index contributed by atoms with van der Waals surface area (Å²) >= 11 is 0. The summed E-state index contributed by atoms with van der Waals surface area (Å²) in [5.74, 6) is 0. The molecular formula is C12H17O. The lowest BCUT2D eigenvalue weighted by atomic mass is 10.1. The van der Waals surface area contributed by atoms with Crippen LogP contribution in [0.2, 0.25) is 0 Å². The zero-order chi connectivity index (χ0) is 9.36. The summed E-state index contributed by atoms with van der Waals surface area (Å²) in [7, 11) is 0. The molecule has 0 spiro atoms. The number of hydrogen-bond donors (Lipinski definition) is 0. The van der Waals surface area contributed by atoms with Crippen LogP contribution in [0.4, 0.5) is 0 Å². The van der Waals surface area contributed by atoms with E-state index in [0.717, 1.165) is 32.5 Å². The molecule has 0 aliphatic carbocycles. The summed E-state index contributed by atoms with van der Waals surface area (Å²) in [6.07, 6.45) is 3.08. The first-order valence-corrected chi connectivity index (χ1v) is 4.84. The molecule has 0 aliphatic rings. The summed E-state index contributed by atoms with van der Waals surface area (Å²) in [5.41, 5.74) is 1.39. The standard InChI is InChI=1S/C12H17O/c1-2-10-13-11-6-9-12-7-4-3-5-8-12/h3-5,7-8H,1-2,6,9-11H2. The average Bonchev–Trinajstić information content (AvgIpc) is 2.19. The smallest absolute Gasteiger partial charge is 0.0469 e. The second kappa shape index (κ2) is 6.67. The van der Waals surface area contributed by atoms with Crippen LogP contribution in [-0.2, 0) is 11.2 Å². The molecule has 0 bridgehead atoms. The van der Waals surface area contributed by atoms with Gasteiger partial charge in [-0.2, -0.15) is 0 Å². The van der Waals surface area contributed by atoms with Crippen LogP contribution in [0.3, 0.4) is 0 Å². The fourth-order valence-corrected chi connectivity index (χ4v) is 1.23. The first-order chi connectivity index (χ1) is 6.43. The Bertz CT molecular complexity index is 206. The van der Waals surface area contributed by atoms with E-state index in [2.05, 4.69) is 31.2 Å². The van der Waals surface area contributed by atoms with E-state index in [9.17, 15) is 0 Å². The maximum Gasteiger partial charge on any atom is 0.0469 e. The summed E-state index contributed by atoms with van der Waals surface area (Å²) in [5, 5.41) is 0. The van der Waals surface area contributed by atoms with Crippen LogP contribution in [0, 0.1) is 6.92 Å². The number of rotatable bonds is 6. The molecule has 1 heteroatoms. The SMILES string of the molecule is [CH2]CCOCCCc1ccccc1. The van der Waals surface area contributed by atoms with Crippen molar-refractivity contribution in [2.75, 3.05) is 13.2 Å². The van der Waals surface area contributed by atoms with E-state index in [1.807, 2.05) is 6.07 Å². The minimum atomic E-state index is 0.786. The molecular weight excluding hydrogens is 160 g/mol. The van der Waals surface area contributed by atoms with Gasteiger partial charge in [-0.3, -0.25) is 0 Å². The number of benzene rings is 1. The highest BCUT2D eigenvalue weighted by Crippen LogP contribution is 2.02. The van der Waals surface area contributed by atoms with Crippen molar-refractivity contribution in [3.05, 3.63) is 42.8 Å². The summed E-state index contributed by atoms with van der Waals surface area (Å²) in [6, 6.07) is 10.5. The van der Waals surface area contributed by atoms with Crippen LogP contribution in [-0.4, -0.2) is 13.2 Å². The van der Waals surface area contributed by atoms with Gasteiger partial charge in [0.1, 0.15) is 0 Å². The highest BCUT2D eigenvalue weighted by atomic mass is 16.5. The van der Waals surface area contributed by atoms with Crippen LogP contribution in [0.15, 0.2) is 30.3 Å². The van der Waals surface area contributed by atoms with E-state index in [0.29, 0.717) is 0 Å². The molecule has 0 N–H and O–H groups in total. The van der Waals surface area contributed by atoms with E-state index < -0.39 is 0 Å². The van der Waals surface area contributed by atoms with Crippen LogP contribution in [0.25, 0.3) is 0 Å². The van der Waals surface area contributed by atoms with Gasteiger partial charge in [0.2, 0.25) is 0 Å². The van der Waals surface area contributed by atoms with Crippen LogP contribution in [0.5, 0.6) is 0 Å². The van der Waals surface area contributed by atoms with Gasteiger partial charge in [-0.1, -0.05) is 37.3 Å². The Hall–Kier alpha value is -0.820. The summed E-state index contributed by atoms with van der Waals surface area (Å²) in [6.45, 7) is 5.35. The molecule has 0 aliphatic heterocycles. The quantitative estimate of drug-likeness (QED) is 0.607. The Kier molecular flexibility index (Phi) is 5.27. The Labute approximate surface area is 80.7 Å². The van der Waals surface area contributed by atoms with Crippen molar-refractivity contribution in [1.82, 2.24) is 0 Å². The Morgan fingerprint density at radius 2 is 1.85 bits per heavy atom. The average molecular weight is 177 g/mol. The topological polar surface area (TPSA) is 9.23 Å². The molecule has 0 unspecified atom stereocenters. The molecule has 0 saturated carbocycles. The lowest BCUT2D eigenvalue weighted by Crippen LogP contribution is -1.97. The maximum atomic E-state index is 5.34. The summed E-state index contributed by atoms with van der Waals surface area (Å²) in [4.78, 5) is 0. The second-order valence-corrected chi connectivity index (χ2v) is 3.06. The minimum absolute atomic E-state index is 0.786. The van der Waals surface area contributed by atoms with Crippen molar-refractivity contribution >= 4 is 0 Å². The van der Waals surface area contributed by atoms with Crippen molar-refractivity contribution < 1.29 is 4.74 Å². The molecule has 1 aromatic rings. The molecule has 1 nitrogen and oxygen atoms in total. The van der Waals surface area contributed by atoms with E-state index in [4.69, 9.17) is 4.74 Å². The molecule has 13 heavy (non-hydrogen) atoms. The van der Waals surface area contributed by atoms with E-state index >= 15 is 0 Å². The number of aryl methyl sites for hydroxylation is 1. The third-order valence-corrected chi connectivity index (χ3v) is 1.89. The highest BCUT2D eigenvalue weighted by molar-refractivity contribution is 5.14. The number of ether oxygens (including phenoxy) is 1. The lowest BCUT2D eigenvalue weighted by Gasteiger charge is -2.02. The zero-order valence-corrected chi connectivity index (χ0v) is 8.04. The van der Waals surface area contributed by atoms with Gasteiger partial charge in [-0.15, -0.1) is 0 Å². The molecule has 0 fully saturated rings. The summed E-state index contributed by atoms with van der Waals surface area (Å²) < 4.78 is 5.34. The molecule has 71 valence electrons. The van der Waals surface area contributed by atoms with Crippen molar-refractivity contribution in [2.45, 2.75) is 19.3 Å². The molecule has 0 atom stereocenters. The fraction of sp³-hybridized carbons (Fsp3) is 0.417. The van der Waals surface area contributed by atoms with E-state index in [1.54, 1.807) is 0 Å². The molecule has 0 heterocycles. The van der Waals surface area contributed by atoms with Crippen molar-refractivity contribution in [1.29, 1.82) is 0 Å². The maximum absolute atomic E-state index is 5.34. The van der Waals surface area contributed by atoms with Gasteiger partial charge in [-0.05, 0) is 24.8 Å². The van der Waals surface area contributed by atoms with Crippen LogP contribution < -0.4 is 0 Å². The minimum Gasteiger partial charge on any atom is -0.381 e. The zero-order valence-electron chi connectivity index (χ0n) is 8.04. The monoisotopic (exact) mass is 177 g/mol. The molecule has 1 rings (SSSR count). The molecule has 0 saturated heterocycles. The largest absolute Gasteiger partial charge is 0.381 e. The van der Waals surface area contributed by atoms with Crippen molar-refractivity contribution in [3.63, 3.8) is 0 Å². The number of hydrogen-bond acceptors (Lipinski definition) is 1. The molecule has 0 aromatic heterocycles. The van der Waals surface area contributed by atoms with Gasteiger partial charge >= 0.3 is 0 Å². The van der Waals surface area contributed by atoms with Gasteiger partial charge in [0.25, 0.3) is 0 Å². The lowest BCUT2D eigenvalue weighted by molar-refractivity contribution is 0.136. The van der Waals surface area contributed by atoms with Crippen molar-refractivity contribution in [3.8, 4) is 0 Å². The first kappa shape index (κ1) is 10.3. The van der Waals surface area contributed by atoms with Crippen LogP contribution in [0.1, 0.15) is 18.4 Å². The third-order valence-electron chi connectivity index (χ3n) is 1.89. The fourth-order valence-electron chi connectivity index (χ4n) is 1.23. The van der Waals surface area contributed by atoms with Gasteiger partial charge < -0.3 is 4.74 Å². The molecule has 0 amide bonds. The van der Waals surface area contributed by atoms with E-state index in [1.165, 1.54) is 5.56 Å². The predicted octanol–water partition coefficient (Wildman–Crippen LogP) is 2.86. The van der Waals surface area contributed by atoms with Gasteiger partial charge in [0, 0.05) is 13.2 Å². The second-order valence-electron chi connectivity index (χ2n) is 3.06. The predicted molar refractivity (Wildman–Crippen MR) is 55.6 cm³/mol. The molecule has 1 aromatic carbocycles. The first-order valence-electron chi connectivity index (χ1n) is 4.84. The van der Waals surface area contributed by atoms with Crippen molar-refractivity contribution in [2.24, 2.45) is 0 Å². The third kappa shape index (κ3) is 4.69. The van der Waals surface area contributed by atoms with E-state index in [-0.39, 0.29) is 0 Å². The Morgan fingerprint density at radius 3 is 2.54 bits per heavy atom.